The van der Waals surface area contributed by atoms with Crippen molar-refractivity contribution in [2.24, 2.45) is 0 Å². The van der Waals surface area contributed by atoms with E-state index in [1.165, 1.54) is 81.9 Å². The Labute approximate surface area is 265 Å². The lowest BCUT2D eigenvalue weighted by Crippen LogP contribution is -1.94. The highest BCUT2D eigenvalue weighted by molar-refractivity contribution is 6.27. The van der Waals surface area contributed by atoms with E-state index in [2.05, 4.69) is 173 Å². The van der Waals surface area contributed by atoms with Crippen molar-refractivity contribution in [2.75, 3.05) is 0 Å². The Bertz CT molecular complexity index is 2780. The normalized spacial score (nSPS) is 11.9. The second kappa shape index (κ2) is 9.69. The van der Waals surface area contributed by atoms with Crippen LogP contribution in [0.5, 0.6) is 0 Å². The summed E-state index contributed by atoms with van der Waals surface area (Å²) in [5, 5.41) is 10.1. The first-order chi connectivity index (χ1) is 22.8. The van der Waals surface area contributed by atoms with Gasteiger partial charge in [-0.1, -0.05) is 121 Å². The van der Waals surface area contributed by atoms with E-state index < -0.39 is 0 Å². The molecule has 0 amide bonds. The number of rotatable bonds is 3. The van der Waals surface area contributed by atoms with Crippen LogP contribution in [0.25, 0.3) is 93.1 Å². The minimum atomic E-state index is 1.15. The summed E-state index contributed by atoms with van der Waals surface area (Å²) in [4.78, 5) is 3.77. The molecule has 214 valence electrons. The van der Waals surface area contributed by atoms with Crippen molar-refractivity contribution in [1.29, 1.82) is 0 Å². The third kappa shape index (κ3) is 3.71. The quantitative estimate of drug-likeness (QED) is 0.213. The Morgan fingerprint density at radius 1 is 0.348 bits per heavy atom. The maximum absolute atomic E-state index is 3.77. The van der Waals surface area contributed by atoms with E-state index in [9.17, 15) is 0 Å². The number of hydrogen-bond donors (Lipinski definition) is 1. The van der Waals surface area contributed by atoms with Gasteiger partial charge in [0.05, 0.1) is 11.0 Å². The standard InChI is InChI=1S/C44H28N2/c1-3-10-28(11-4-1)31-15-9-16-34(25-31)46-41-23-20-33-24-32(29-12-5-2-6-13-29)18-21-36(33)44(41)38-26-37-40(27-42(38)46)45-39-22-19-30-14-7-8-17-35(30)43(37)39/h1-27,45H. The van der Waals surface area contributed by atoms with Gasteiger partial charge in [-0.3, -0.25) is 0 Å². The van der Waals surface area contributed by atoms with E-state index in [0.29, 0.717) is 0 Å². The summed E-state index contributed by atoms with van der Waals surface area (Å²) in [6.07, 6.45) is 0. The van der Waals surface area contributed by atoms with Crippen LogP contribution in [0.4, 0.5) is 0 Å². The molecule has 0 bridgehead atoms. The van der Waals surface area contributed by atoms with Gasteiger partial charge >= 0.3 is 0 Å². The molecule has 0 saturated carbocycles. The first-order valence-corrected chi connectivity index (χ1v) is 15.9. The third-order valence-electron chi connectivity index (χ3n) is 9.67. The SMILES string of the molecule is c1ccc(-c2cccc(-n3c4cc5[nH]c6ccc7ccccc7c6c5cc4c4c5ccc(-c6ccccc6)cc5ccc43)c2)cc1. The summed E-state index contributed by atoms with van der Waals surface area (Å²) >= 11 is 0. The van der Waals surface area contributed by atoms with E-state index in [1.807, 2.05) is 0 Å². The average Bonchev–Trinajstić information content (AvgIpc) is 3.66. The molecule has 0 aliphatic rings. The van der Waals surface area contributed by atoms with E-state index in [1.54, 1.807) is 0 Å². The van der Waals surface area contributed by atoms with Crippen LogP contribution in [0, 0.1) is 0 Å². The van der Waals surface area contributed by atoms with Crippen molar-refractivity contribution in [1.82, 2.24) is 9.55 Å². The Balaban J connectivity index is 1.33. The van der Waals surface area contributed by atoms with Gasteiger partial charge in [-0.05, 0) is 86.3 Å². The zero-order valence-corrected chi connectivity index (χ0v) is 25.0. The number of hydrogen-bond acceptors (Lipinski definition) is 0. The van der Waals surface area contributed by atoms with Crippen LogP contribution in [-0.4, -0.2) is 9.55 Å². The summed E-state index contributed by atoms with van der Waals surface area (Å²) < 4.78 is 2.45. The average molecular weight is 585 g/mol. The van der Waals surface area contributed by atoms with Gasteiger partial charge in [0.15, 0.2) is 0 Å². The lowest BCUT2D eigenvalue weighted by atomic mass is 9.97. The molecule has 0 atom stereocenters. The van der Waals surface area contributed by atoms with Crippen LogP contribution >= 0.6 is 0 Å². The molecule has 46 heavy (non-hydrogen) atoms. The zero-order chi connectivity index (χ0) is 30.2. The van der Waals surface area contributed by atoms with Crippen molar-refractivity contribution in [3.8, 4) is 27.9 Å². The van der Waals surface area contributed by atoms with Crippen molar-refractivity contribution >= 4 is 65.2 Å². The molecule has 0 saturated heterocycles. The number of nitrogens with one attached hydrogen (secondary N) is 1. The molecule has 10 rings (SSSR count). The summed E-state index contributed by atoms with van der Waals surface area (Å²) in [6, 6.07) is 59.7. The second-order valence-corrected chi connectivity index (χ2v) is 12.3. The first kappa shape index (κ1) is 25.2. The van der Waals surface area contributed by atoms with Gasteiger partial charge in [-0.15, -0.1) is 0 Å². The maximum Gasteiger partial charge on any atom is 0.0562 e. The van der Waals surface area contributed by atoms with Crippen LogP contribution in [0.3, 0.4) is 0 Å². The lowest BCUT2D eigenvalue weighted by molar-refractivity contribution is 1.18. The molecule has 0 aliphatic carbocycles. The molecule has 1 N–H and O–H groups in total. The smallest absolute Gasteiger partial charge is 0.0562 e. The van der Waals surface area contributed by atoms with Crippen molar-refractivity contribution in [3.63, 3.8) is 0 Å². The highest BCUT2D eigenvalue weighted by Crippen LogP contribution is 2.42. The maximum atomic E-state index is 3.77. The predicted octanol–water partition coefficient (Wildman–Crippen LogP) is 12.1. The summed E-state index contributed by atoms with van der Waals surface area (Å²) in [5.74, 6) is 0. The van der Waals surface area contributed by atoms with Crippen LogP contribution in [0.1, 0.15) is 0 Å². The van der Waals surface area contributed by atoms with Crippen LogP contribution in [0.15, 0.2) is 164 Å². The van der Waals surface area contributed by atoms with Crippen molar-refractivity contribution in [2.45, 2.75) is 0 Å². The monoisotopic (exact) mass is 584 g/mol. The molecule has 10 aromatic rings. The molecule has 0 radical (unpaired) electrons. The third-order valence-corrected chi connectivity index (χ3v) is 9.67. The topological polar surface area (TPSA) is 20.7 Å². The van der Waals surface area contributed by atoms with Crippen molar-refractivity contribution < 1.29 is 0 Å². The van der Waals surface area contributed by atoms with Gasteiger partial charge < -0.3 is 9.55 Å². The van der Waals surface area contributed by atoms with Gasteiger partial charge in [0.2, 0.25) is 0 Å². The van der Waals surface area contributed by atoms with E-state index >= 15 is 0 Å². The Morgan fingerprint density at radius 3 is 1.87 bits per heavy atom. The van der Waals surface area contributed by atoms with Crippen LogP contribution in [-0.2, 0) is 0 Å². The second-order valence-electron chi connectivity index (χ2n) is 12.3. The largest absolute Gasteiger partial charge is 0.354 e. The summed E-state index contributed by atoms with van der Waals surface area (Å²) in [5.41, 5.74) is 10.8. The van der Waals surface area contributed by atoms with Gasteiger partial charge in [-0.25, -0.2) is 0 Å². The van der Waals surface area contributed by atoms with Gasteiger partial charge in [0.25, 0.3) is 0 Å². The number of fused-ring (bicyclic) bond motifs is 10. The van der Waals surface area contributed by atoms with Crippen LogP contribution in [0.2, 0.25) is 0 Å². The van der Waals surface area contributed by atoms with Gasteiger partial charge in [0.1, 0.15) is 0 Å². The fourth-order valence-electron chi connectivity index (χ4n) is 7.56. The zero-order valence-electron chi connectivity index (χ0n) is 25.0. The van der Waals surface area contributed by atoms with Gasteiger partial charge in [0, 0.05) is 38.3 Å². The first-order valence-electron chi connectivity index (χ1n) is 15.9. The minimum absolute atomic E-state index is 1.15. The molecule has 0 fully saturated rings. The number of aromatic nitrogens is 2. The van der Waals surface area contributed by atoms with Gasteiger partial charge in [-0.2, -0.15) is 0 Å². The Kier molecular flexibility index (Phi) is 5.31. The number of H-pyrrole nitrogens is 1. The van der Waals surface area contributed by atoms with E-state index in [-0.39, 0.29) is 0 Å². The highest BCUT2D eigenvalue weighted by atomic mass is 15.0. The molecule has 0 aliphatic heterocycles. The molecule has 0 spiro atoms. The molecule has 2 heteroatoms. The Hall–Kier alpha value is -6.12. The minimum Gasteiger partial charge on any atom is -0.354 e. The van der Waals surface area contributed by atoms with E-state index in [0.717, 1.165) is 11.2 Å². The molecule has 0 unspecified atom stereocenters. The summed E-state index contributed by atoms with van der Waals surface area (Å²) in [7, 11) is 0. The molecule has 2 aromatic heterocycles. The number of benzene rings is 8. The van der Waals surface area contributed by atoms with E-state index in [4.69, 9.17) is 0 Å². The molecular weight excluding hydrogens is 556 g/mol. The molecule has 2 nitrogen and oxygen atoms in total. The van der Waals surface area contributed by atoms with Crippen molar-refractivity contribution in [3.05, 3.63) is 164 Å². The fourth-order valence-corrected chi connectivity index (χ4v) is 7.56. The number of aromatic amines is 1. The molecule has 2 heterocycles. The Morgan fingerprint density at radius 2 is 1.04 bits per heavy atom. The number of nitrogens with zero attached hydrogens (tertiary/aromatic N) is 1. The fraction of sp³-hybridized carbons (Fsp3) is 0. The highest BCUT2D eigenvalue weighted by Gasteiger charge is 2.19. The van der Waals surface area contributed by atoms with Crippen LogP contribution < -0.4 is 0 Å². The lowest BCUT2D eigenvalue weighted by Gasteiger charge is -2.11. The molecule has 8 aromatic carbocycles. The molecular formula is C44H28N2. The summed E-state index contributed by atoms with van der Waals surface area (Å²) in [6.45, 7) is 0. The predicted molar refractivity (Wildman–Crippen MR) is 196 cm³/mol.